The molecule has 0 aliphatic carbocycles. The van der Waals surface area contributed by atoms with Gasteiger partial charge in [0.25, 0.3) is 5.91 Å². The largest absolute Gasteiger partial charge is 0.496 e. The van der Waals surface area contributed by atoms with E-state index in [-0.39, 0.29) is 11.9 Å². The number of nitrogens with two attached hydrogens (primary N) is 1. The van der Waals surface area contributed by atoms with Gasteiger partial charge in [0.05, 0.1) is 18.2 Å². The first-order valence-electron chi connectivity index (χ1n) is 6.87. The highest BCUT2D eigenvalue weighted by Gasteiger charge is 2.28. The molecule has 1 aromatic carbocycles. The number of hydrogen-bond acceptors (Lipinski definition) is 5. The van der Waals surface area contributed by atoms with Crippen LogP contribution in [-0.4, -0.2) is 42.0 Å². The normalized spacial score (nSPS) is 19.0. The van der Waals surface area contributed by atoms with Crippen molar-refractivity contribution in [2.45, 2.75) is 13.0 Å². The average molecular weight is 322 g/mol. The molecule has 3 rings (SSSR count). The summed E-state index contributed by atoms with van der Waals surface area (Å²) in [6, 6.07) is 6.03. The number of thiophene rings is 1. The highest BCUT2D eigenvalue weighted by atomic mass is 32.2. The molecule has 2 heterocycles. The Morgan fingerprint density at radius 3 is 3.00 bits per heavy atom. The lowest BCUT2D eigenvalue weighted by molar-refractivity contribution is 0.0722. The second-order valence-electron chi connectivity index (χ2n) is 5.10. The van der Waals surface area contributed by atoms with Crippen LogP contribution in [0.1, 0.15) is 16.6 Å². The molecule has 112 valence electrons. The number of ether oxygens (including phenoxy) is 1. The number of fused-ring (bicyclic) bond motifs is 1. The minimum atomic E-state index is 0.0450. The monoisotopic (exact) mass is 322 g/mol. The van der Waals surface area contributed by atoms with Gasteiger partial charge in [0.15, 0.2) is 0 Å². The quantitative estimate of drug-likeness (QED) is 0.923. The van der Waals surface area contributed by atoms with Crippen LogP contribution in [0.25, 0.3) is 10.1 Å². The van der Waals surface area contributed by atoms with Crippen LogP contribution >= 0.6 is 23.1 Å². The van der Waals surface area contributed by atoms with Crippen LogP contribution in [0.2, 0.25) is 0 Å². The summed E-state index contributed by atoms with van der Waals surface area (Å²) in [5.41, 5.74) is 6.79. The summed E-state index contributed by atoms with van der Waals surface area (Å²) in [4.78, 5) is 15.4. The number of hydrogen-bond donors (Lipinski definition) is 1. The lowest BCUT2D eigenvalue weighted by Gasteiger charge is -2.32. The fourth-order valence-corrected chi connectivity index (χ4v) is 4.74. The molecular formula is C15H18N2O2S2. The number of nitrogens with zero attached hydrogens (tertiary/aromatic N) is 1. The second kappa shape index (κ2) is 5.77. The third-order valence-electron chi connectivity index (χ3n) is 3.76. The minimum absolute atomic E-state index is 0.0450. The van der Waals surface area contributed by atoms with Gasteiger partial charge in [-0.1, -0.05) is 6.07 Å². The average Bonchev–Trinajstić information content (AvgIpc) is 2.84. The van der Waals surface area contributed by atoms with E-state index >= 15 is 0 Å². The summed E-state index contributed by atoms with van der Waals surface area (Å²) >= 11 is 3.35. The van der Waals surface area contributed by atoms with Crippen LogP contribution in [-0.2, 0) is 0 Å². The van der Waals surface area contributed by atoms with E-state index in [0.29, 0.717) is 10.6 Å². The number of thioether (sulfide) groups is 1. The van der Waals surface area contributed by atoms with Crippen molar-refractivity contribution in [3.05, 3.63) is 23.1 Å². The molecule has 1 aliphatic rings. The Kier molecular flexibility index (Phi) is 3.99. The van der Waals surface area contributed by atoms with E-state index in [4.69, 9.17) is 10.5 Å². The number of amides is 1. The van der Waals surface area contributed by atoms with Crippen LogP contribution in [0.4, 0.5) is 5.69 Å². The first kappa shape index (κ1) is 14.5. The number of anilines is 1. The van der Waals surface area contributed by atoms with E-state index in [1.807, 2.05) is 34.9 Å². The Labute approximate surface area is 132 Å². The molecule has 2 N–H and O–H groups in total. The summed E-state index contributed by atoms with van der Waals surface area (Å²) in [5.74, 6) is 2.75. The SMILES string of the molecule is COc1cccc2sc(C(=O)N3CCSCC3C)c(N)c12. The summed E-state index contributed by atoms with van der Waals surface area (Å²) in [7, 11) is 1.62. The van der Waals surface area contributed by atoms with Gasteiger partial charge in [-0.05, 0) is 19.1 Å². The Bertz CT molecular complexity index is 684. The van der Waals surface area contributed by atoms with Crippen LogP contribution < -0.4 is 10.5 Å². The molecule has 1 aliphatic heterocycles. The van der Waals surface area contributed by atoms with E-state index in [1.54, 1.807) is 7.11 Å². The second-order valence-corrected chi connectivity index (χ2v) is 7.30. The number of methoxy groups -OCH3 is 1. The summed E-state index contributed by atoms with van der Waals surface area (Å²) in [6.45, 7) is 2.88. The van der Waals surface area contributed by atoms with E-state index < -0.39 is 0 Å². The molecule has 0 spiro atoms. The van der Waals surface area contributed by atoms with Gasteiger partial charge in [-0.2, -0.15) is 11.8 Å². The maximum Gasteiger partial charge on any atom is 0.266 e. The van der Waals surface area contributed by atoms with E-state index in [2.05, 4.69) is 6.92 Å². The maximum absolute atomic E-state index is 12.8. The highest BCUT2D eigenvalue weighted by Crippen LogP contribution is 2.40. The van der Waals surface area contributed by atoms with Crippen molar-refractivity contribution in [2.75, 3.05) is 30.9 Å². The highest BCUT2D eigenvalue weighted by molar-refractivity contribution is 7.99. The number of benzene rings is 1. The van der Waals surface area contributed by atoms with Gasteiger partial charge in [-0.3, -0.25) is 4.79 Å². The first-order chi connectivity index (χ1) is 10.1. The summed E-state index contributed by atoms with van der Waals surface area (Å²) in [6.07, 6.45) is 0. The molecular weight excluding hydrogens is 304 g/mol. The number of carbonyl (C=O) groups excluding carboxylic acids is 1. The standard InChI is InChI=1S/C15H18N2O2S2/c1-9-8-20-7-6-17(9)15(18)14-13(16)12-10(19-2)4-3-5-11(12)21-14/h3-5,9H,6-8,16H2,1-2H3. The van der Waals surface area contributed by atoms with Gasteiger partial charge in [0.2, 0.25) is 0 Å². The lowest BCUT2D eigenvalue weighted by Crippen LogP contribution is -2.44. The number of nitrogen functional groups attached to an aromatic ring is 1. The molecule has 2 aromatic rings. The van der Waals surface area contributed by atoms with Gasteiger partial charge < -0.3 is 15.4 Å². The molecule has 4 nitrogen and oxygen atoms in total. The van der Waals surface area contributed by atoms with E-state index in [9.17, 15) is 4.79 Å². The Morgan fingerprint density at radius 2 is 2.29 bits per heavy atom. The molecule has 0 radical (unpaired) electrons. The van der Waals surface area contributed by atoms with E-state index in [1.165, 1.54) is 11.3 Å². The third kappa shape index (κ3) is 2.46. The predicted molar refractivity (Wildman–Crippen MR) is 90.6 cm³/mol. The van der Waals surface area contributed by atoms with Crippen molar-refractivity contribution in [1.82, 2.24) is 4.90 Å². The van der Waals surface area contributed by atoms with Crippen molar-refractivity contribution in [3.8, 4) is 5.75 Å². The van der Waals surface area contributed by atoms with Crippen LogP contribution in [0.15, 0.2) is 18.2 Å². The Balaban J connectivity index is 2.04. The van der Waals surface area contributed by atoms with Gasteiger partial charge >= 0.3 is 0 Å². The zero-order valence-corrected chi connectivity index (χ0v) is 13.7. The van der Waals surface area contributed by atoms with Gasteiger partial charge in [0.1, 0.15) is 10.6 Å². The number of rotatable bonds is 2. The molecule has 1 aromatic heterocycles. The molecule has 1 saturated heterocycles. The molecule has 1 atom stereocenters. The zero-order chi connectivity index (χ0) is 15.0. The van der Waals surface area contributed by atoms with Crippen LogP contribution in [0.5, 0.6) is 5.75 Å². The molecule has 6 heteroatoms. The van der Waals surface area contributed by atoms with Crippen molar-refractivity contribution < 1.29 is 9.53 Å². The summed E-state index contributed by atoms with van der Waals surface area (Å²) in [5, 5.41) is 0.854. The molecule has 0 bridgehead atoms. The molecule has 1 amide bonds. The third-order valence-corrected chi connectivity index (χ3v) is 6.10. The Morgan fingerprint density at radius 1 is 1.48 bits per heavy atom. The Hall–Kier alpha value is -1.40. The predicted octanol–water partition coefficient (Wildman–Crippen LogP) is 3.07. The van der Waals surface area contributed by atoms with Gasteiger partial charge in [-0.15, -0.1) is 11.3 Å². The van der Waals surface area contributed by atoms with Crippen LogP contribution in [0.3, 0.4) is 0 Å². The van der Waals surface area contributed by atoms with Crippen LogP contribution in [0, 0.1) is 0 Å². The zero-order valence-electron chi connectivity index (χ0n) is 12.1. The molecule has 1 unspecified atom stereocenters. The molecule has 1 fully saturated rings. The smallest absolute Gasteiger partial charge is 0.266 e. The molecule has 0 saturated carbocycles. The fraction of sp³-hybridized carbons (Fsp3) is 0.400. The topological polar surface area (TPSA) is 55.6 Å². The van der Waals surface area contributed by atoms with Crippen molar-refractivity contribution >= 4 is 44.8 Å². The van der Waals surface area contributed by atoms with Gasteiger partial charge in [-0.25, -0.2) is 0 Å². The lowest BCUT2D eigenvalue weighted by atomic mass is 10.2. The van der Waals surface area contributed by atoms with E-state index in [0.717, 1.165) is 33.9 Å². The fourth-order valence-electron chi connectivity index (χ4n) is 2.63. The van der Waals surface area contributed by atoms with Crippen molar-refractivity contribution in [2.24, 2.45) is 0 Å². The summed E-state index contributed by atoms with van der Waals surface area (Å²) < 4.78 is 6.36. The van der Waals surface area contributed by atoms with Crippen molar-refractivity contribution in [1.29, 1.82) is 0 Å². The first-order valence-corrected chi connectivity index (χ1v) is 8.84. The minimum Gasteiger partial charge on any atom is -0.496 e. The van der Waals surface area contributed by atoms with Crippen molar-refractivity contribution in [3.63, 3.8) is 0 Å². The van der Waals surface area contributed by atoms with Gasteiger partial charge in [0, 0.05) is 28.8 Å². The molecule has 21 heavy (non-hydrogen) atoms. The maximum atomic E-state index is 12.8. The number of carbonyl (C=O) groups is 1.